The molecule has 0 spiro atoms. The summed E-state index contributed by atoms with van der Waals surface area (Å²) in [5, 5.41) is 7.81. The molecule has 3 aliphatic carbocycles. The van der Waals surface area contributed by atoms with Gasteiger partial charge in [-0.05, 0) is 65.3 Å². The van der Waals surface area contributed by atoms with Crippen molar-refractivity contribution in [1.29, 1.82) is 0 Å². The average Bonchev–Trinajstić information content (AvgIpc) is 2.74. The van der Waals surface area contributed by atoms with Gasteiger partial charge in [-0.25, -0.2) is 4.68 Å². The molecule has 0 radical (unpaired) electrons. The van der Waals surface area contributed by atoms with E-state index in [1.807, 2.05) is 6.92 Å². The third kappa shape index (κ3) is 4.31. The van der Waals surface area contributed by atoms with Crippen LogP contribution in [0.5, 0.6) is 0 Å². The van der Waals surface area contributed by atoms with Gasteiger partial charge in [0, 0.05) is 24.9 Å². The molecule has 31 heavy (non-hydrogen) atoms. The monoisotopic (exact) mass is 487 g/mol. The van der Waals surface area contributed by atoms with Crippen LogP contribution >= 0.6 is 15.9 Å². The minimum absolute atomic E-state index is 0.0465. The fourth-order valence-electron chi connectivity index (χ4n) is 5.28. The van der Waals surface area contributed by atoms with E-state index in [2.05, 4.69) is 57.1 Å². The van der Waals surface area contributed by atoms with E-state index in [1.54, 1.807) is 18.6 Å². The first-order valence-corrected chi connectivity index (χ1v) is 11.8. The summed E-state index contributed by atoms with van der Waals surface area (Å²) in [5.41, 5.74) is 2.44. The number of ketones is 1. The third-order valence-electron chi connectivity index (χ3n) is 7.50. The highest BCUT2D eigenvalue weighted by Crippen LogP contribution is 2.61. The van der Waals surface area contributed by atoms with Crippen LogP contribution in [-0.4, -0.2) is 31.6 Å². The Balaban J connectivity index is 1.38. The van der Waals surface area contributed by atoms with E-state index in [1.165, 1.54) is 11.1 Å². The van der Waals surface area contributed by atoms with Gasteiger partial charge in [0.25, 0.3) is 5.56 Å². The molecular weight excluding hydrogens is 458 g/mol. The zero-order valence-electron chi connectivity index (χ0n) is 18.6. The van der Waals surface area contributed by atoms with E-state index in [9.17, 15) is 9.59 Å². The highest BCUT2D eigenvalue weighted by atomic mass is 79.9. The first-order valence-electron chi connectivity index (χ1n) is 11.0. The van der Waals surface area contributed by atoms with Crippen molar-refractivity contribution < 1.29 is 4.79 Å². The molecule has 166 valence electrons. The molecule has 1 N–H and O–H groups in total. The second-order valence-electron chi connectivity index (χ2n) is 9.73. The SMILES string of the molecule is Cc1cnc(CCC(=O)Cn2ncc(N[C@@H]3C[C@H]4C[C@@H]([C@H]3C)C4(C)C)c(Br)c2=O)cn1. The van der Waals surface area contributed by atoms with Gasteiger partial charge in [0.2, 0.25) is 0 Å². The summed E-state index contributed by atoms with van der Waals surface area (Å²) in [7, 11) is 0. The van der Waals surface area contributed by atoms with Crippen LogP contribution in [0, 0.1) is 30.1 Å². The van der Waals surface area contributed by atoms with E-state index in [-0.39, 0.29) is 17.9 Å². The highest BCUT2D eigenvalue weighted by molar-refractivity contribution is 9.10. The molecule has 2 bridgehead atoms. The second kappa shape index (κ2) is 8.45. The van der Waals surface area contributed by atoms with Gasteiger partial charge < -0.3 is 5.32 Å². The van der Waals surface area contributed by atoms with Gasteiger partial charge in [0.1, 0.15) is 11.0 Å². The molecule has 3 fully saturated rings. The number of aromatic nitrogens is 4. The number of carbonyl (C=O) groups excluding carboxylic acids is 1. The number of nitrogens with one attached hydrogen (secondary N) is 1. The first-order chi connectivity index (χ1) is 14.7. The average molecular weight is 488 g/mol. The molecule has 4 atom stereocenters. The predicted octanol–water partition coefficient (Wildman–Crippen LogP) is 3.79. The number of halogens is 1. The minimum atomic E-state index is -0.289. The van der Waals surface area contributed by atoms with Crippen LogP contribution in [0.1, 0.15) is 51.4 Å². The number of Topliss-reactive ketones (excluding diaryl/α,β-unsaturated/α-hetero) is 1. The van der Waals surface area contributed by atoms with Crippen molar-refractivity contribution in [3.63, 3.8) is 0 Å². The molecule has 0 aromatic carbocycles. The Bertz CT molecular complexity index is 1030. The van der Waals surface area contributed by atoms with Gasteiger partial charge in [0.15, 0.2) is 5.78 Å². The molecule has 2 aromatic heterocycles. The Labute approximate surface area is 191 Å². The van der Waals surface area contributed by atoms with Crippen LogP contribution in [0.2, 0.25) is 0 Å². The lowest BCUT2D eigenvalue weighted by Crippen LogP contribution is -2.58. The van der Waals surface area contributed by atoms with Crippen molar-refractivity contribution in [3.8, 4) is 0 Å². The Morgan fingerprint density at radius 2 is 2.03 bits per heavy atom. The van der Waals surface area contributed by atoms with Crippen LogP contribution in [0.4, 0.5) is 5.69 Å². The second-order valence-corrected chi connectivity index (χ2v) is 10.5. The molecule has 2 heterocycles. The molecule has 0 unspecified atom stereocenters. The molecule has 2 aromatic rings. The number of hydrogen-bond acceptors (Lipinski definition) is 6. The molecule has 0 saturated heterocycles. The lowest BCUT2D eigenvalue weighted by Gasteiger charge is -2.62. The fourth-order valence-corrected chi connectivity index (χ4v) is 5.70. The summed E-state index contributed by atoms with van der Waals surface area (Å²) in [5.74, 6) is 1.93. The van der Waals surface area contributed by atoms with Gasteiger partial charge in [-0.3, -0.25) is 19.6 Å². The predicted molar refractivity (Wildman–Crippen MR) is 123 cm³/mol. The smallest absolute Gasteiger partial charge is 0.283 e. The number of aryl methyl sites for hydroxylation is 2. The maximum absolute atomic E-state index is 12.8. The van der Waals surface area contributed by atoms with Crippen LogP contribution in [0.25, 0.3) is 0 Å². The molecule has 3 aliphatic rings. The first kappa shape index (κ1) is 22.1. The number of carbonyl (C=O) groups is 1. The van der Waals surface area contributed by atoms with Crippen LogP contribution < -0.4 is 10.9 Å². The van der Waals surface area contributed by atoms with Crippen molar-refractivity contribution >= 4 is 27.4 Å². The summed E-state index contributed by atoms with van der Waals surface area (Å²) in [6.45, 7) is 8.88. The van der Waals surface area contributed by atoms with Gasteiger partial charge >= 0.3 is 0 Å². The molecular formula is C23H30BrN5O2. The van der Waals surface area contributed by atoms with Crippen LogP contribution in [0.3, 0.4) is 0 Å². The quantitative estimate of drug-likeness (QED) is 0.638. The summed E-state index contributed by atoms with van der Waals surface area (Å²) in [4.78, 5) is 33.6. The molecule has 3 saturated carbocycles. The highest BCUT2D eigenvalue weighted by Gasteiger charge is 2.56. The van der Waals surface area contributed by atoms with Crippen LogP contribution in [0.15, 0.2) is 27.9 Å². The maximum atomic E-state index is 12.8. The Morgan fingerprint density at radius 1 is 1.26 bits per heavy atom. The number of rotatable bonds is 7. The number of hydrogen-bond donors (Lipinski definition) is 1. The standard InChI is InChI=1S/C23H30BrN5O2/c1-13-9-26-16(10-25-13)5-6-17(30)12-29-22(31)21(24)20(11-27-29)28-19-8-15-7-18(14(19)2)23(15,3)4/h9-11,14-15,18-19,28H,5-8,12H2,1-4H3/t14-,15-,18+,19-/m1/s1. The fraction of sp³-hybridized carbons (Fsp3) is 0.609. The van der Waals surface area contributed by atoms with Crippen molar-refractivity contribution in [3.05, 3.63) is 44.8 Å². The summed E-state index contributed by atoms with van der Waals surface area (Å²) in [6.07, 6.45) is 8.24. The zero-order valence-corrected chi connectivity index (χ0v) is 20.1. The summed E-state index contributed by atoms with van der Waals surface area (Å²) >= 11 is 3.43. The van der Waals surface area contributed by atoms with E-state index in [0.717, 1.165) is 23.7 Å². The number of anilines is 1. The van der Waals surface area contributed by atoms with Crippen molar-refractivity contribution in [2.75, 3.05) is 5.32 Å². The molecule has 0 aliphatic heterocycles. The molecule has 8 heteroatoms. The van der Waals surface area contributed by atoms with E-state index < -0.39 is 0 Å². The van der Waals surface area contributed by atoms with Crippen molar-refractivity contribution in [1.82, 2.24) is 19.7 Å². The minimum Gasteiger partial charge on any atom is -0.380 e. The van der Waals surface area contributed by atoms with Gasteiger partial charge in [-0.15, -0.1) is 0 Å². The Hall–Kier alpha value is -2.09. The van der Waals surface area contributed by atoms with Crippen molar-refractivity contribution in [2.24, 2.45) is 23.2 Å². The molecule has 5 rings (SSSR count). The maximum Gasteiger partial charge on any atom is 0.283 e. The Morgan fingerprint density at radius 3 is 2.68 bits per heavy atom. The van der Waals surface area contributed by atoms with Gasteiger partial charge in [-0.2, -0.15) is 5.10 Å². The van der Waals surface area contributed by atoms with Crippen molar-refractivity contribution in [2.45, 2.75) is 66.0 Å². The van der Waals surface area contributed by atoms with Gasteiger partial charge in [0.05, 0.1) is 23.3 Å². The van der Waals surface area contributed by atoms with E-state index >= 15 is 0 Å². The Kier molecular flexibility index (Phi) is 6.03. The third-order valence-corrected chi connectivity index (χ3v) is 8.27. The largest absolute Gasteiger partial charge is 0.380 e. The number of nitrogens with zero attached hydrogens (tertiary/aromatic N) is 4. The van der Waals surface area contributed by atoms with Crippen LogP contribution in [-0.2, 0) is 17.8 Å². The normalized spacial score (nSPS) is 26.2. The van der Waals surface area contributed by atoms with E-state index in [4.69, 9.17) is 0 Å². The lowest BCUT2D eigenvalue weighted by molar-refractivity contribution is -0.119. The lowest BCUT2D eigenvalue weighted by atomic mass is 9.45. The molecule has 0 amide bonds. The summed E-state index contributed by atoms with van der Waals surface area (Å²) < 4.78 is 1.66. The summed E-state index contributed by atoms with van der Waals surface area (Å²) in [6, 6.07) is 0.336. The molecule has 7 nitrogen and oxygen atoms in total. The van der Waals surface area contributed by atoms with E-state index in [0.29, 0.717) is 46.3 Å². The zero-order chi connectivity index (χ0) is 22.3. The number of fused-ring (bicyclic) bond motifs is 2. The van der Waals surface area contributed by atoms with Gasteiger partial charge in [-0.1, -0.05) is 20.8 Å². The topological polar surface area (TPSA) is 89.8 Å².